The average Bonchev–Trinajstić information content (AvgIpc) is 3.57. The highest BCUT2D eigenvalue weighted by molar-refractivity contribution is 5.93. The molecule has 31 heavy (non-hydrogen) atoms. The summed E-state index contributed by atoms with van der Waals surface area (Å²) in [6.45, 7) is 2.49. The standard InChI is InChI=1S/C20H26N4O7/c1-2-30-20(27)23-9-7-15(8-10-23)22-18(25)12-31-19(26)13-3-6-16(21-14-4-5-14)17(11-13)24(28)29/h3,6,11,14-15,21H,2,4-5,7-10,12H2,1H3,(H,22,25). The van der Waals surface area contributed by atoms with Gasteiger partial charge in [0.2, 0.25) is 0 Å². The van der Waals surface area contributed by atoms with Gasteiger partial charge in [-0.2, -0.15) is 0 Å². The number of hydrogen-bond acceptors (Lipinski definition) is 8. The van der Waals surface area contributed by atoms with Gasteiger partial charge >= 0.3 is 12.1 Å². The van der Waals surface area contributed by atoms with Crippen LogP contribution in [0.25, 0.3) is 0 Å². The zero-order valence-electron chi connectivity index (χ0n) is 17.3. The van der Waals surface area contributed by atoms with E-state index in [4.69, 9.17) is 9.47 Å². The van der Waals surface area contributed by atoms with Crippen LogP contribution in [0.1, 0.15) is 43.0 Å². The maximum atomic E-state index is 12.2. The number of amides is 2. The number of nitrogens with one attached hydrogen (secondary N) is 2. The molecular formula is C20H26N4O7. The number of likely N-dealkylation sites (tertiary alicyclic amines) is 1. The Morgan fingerprint density at radius 1 is 1.13 bits per heavy atom. The molecular weight excluding hydrogens is 408 g/mol. The second-order valence-electron chi connectivity index (χ2n) is 7.51. The lowest BCUT2D eigenvalue weighted by molar-refractivity contribution is -0.384. The molecule has 1 aromatic carbocycles. The van der Waals surface area contributed by atoms with Crippen LogP contribution in [-0.2, 0) is 14.3 Å². The van der Waals surface area contributed by atoms with E-state index in [1.54, 1.807) is 11.8 Å². The highest BCUT2D eigenvalue weighted by atomic mass is 16.6. The average molecular weight is 434 g/mol. The van der Waals surface area contributed by atoms with Crippen LogP contribution >= 0.6 is 0 Å². The quantitative estimate of drug-likeness (QED) is 0.360. The Kier molecular flexibility index (Phi) is 7.27. The fourth-order valence-electron chi connectivity index (χ4n) is 3.28. The summed E-state index contributed by atoms with van der Waals surface area (Å²) < 4.78 is 9.97. The van der Waals surface area contributed by atoms with Crippen molar-refractivity contribution in [1.82, 2.24) is 10.2 Å². The van der Waals surface area contributed by atoms with E-state index in [0.717, 1.165) is 18.9 Å². The smallest absolute Gasteiger partial charge is 0.409 e. The van der Waals surface area contributed by atoms with Gasteiger partial charge in [-0.1, -0.05) is 0 Å². The number of anilines is 1. The molecule has 11 heteroatoms. The zero-order valence-corrected chi connectivity index (χ0v) is 17.3. The third-order valence-electron chi connectivity index (χ3n) is 5.09. The van der Waals surface area contributed by atoms with Crippen molar-refractivity contribution in [3.63, 3.8) is 0 Å². The molecule has 168 valence electrons. The summed E-state index contributed by atoms with van der Waals surface area (Å²) in [5.74, 6) is -1.28. The first-order valence-electron chi connectivity index (χ1n) is 10.3. The van der Waals surface area contributed by atoms with Gasteiger partial charge in [0, 0.05) is 31.2 Å². The largest absolute Gasteiger partial charge is 0.452 e. The number of piperidine rings is 1. The molecule has 0 bridgehead atoms. The minimum Gasteiger partial charge on any atom is -0.452 e. The van der Waals surface area contributed by atoms with Gasteiger partial charge < -0.3 is 25.0 Å². The van der Waals surface area contributed by atoms with Gasteiger partial charge in [-0.15, -0.1) is 0 Å². The molecule has 1 aliphatic carbocycles. The van der Waals surface area contributed by atoms with Gasteiger partial charge in [-0.3, -0.25) is 14.9 Å². The van der Waals surface area contributed by atoms with Crippen molar-refractivity contribution in [3.8, 4) is 0 Å². The number of esters is 1. The van der Waals surface area contributed by atoms with Crippen molar-refractivity contribution in [2.45, 2.75) is 44.7 Å². The molecule has 0 aromatic heterocycles. The molecule has 2 N–H and O–H groups in total. The Morgan fingerprint density at radius 3 is 2.45 bits per heavy atom. The van der Waals surface area contributed by atoms with Gasteiger partial charge in [0.05, 0.1) is 17.1 Å². The molecule has 3 rings (SSSR count). The summed E-state index contributed by atoms with van der Waals surface area (Å²) in [5.41, 5.74) is 0.152. The first kappa shape index (κ1) is 22.3. The molecule has 1 saturated heterocycles. The number of nitro benzene ring substituents is 1. The summed E-state index contributed by atoms with van der Waals surface area (Å²) in [6.07, 6.45) is 2.68. The number of carbonyl (C=O) groups excluding carboxylic acids is 3. The Morgan fingerprint density at radius 2 is 1.84 bits per heavy atom. The molecule has 0 radical (unpaired) electrons. The molecule has 2 fully saturated rings. The van der Waals surface area contributed by atoms with Crippen LogP contribution in [0.4, 0.5) is 16.2 Å². The highest BCUT2D eigenvalue weighted by Gasteiger charge is 2.27. The van der Waals surface area contributed by atoms with E-state index in [9.17, 15) is 24.5 Å². The highest BCUT2D eigenvalue weighted by Crippen LogP contribution is 2.31. The fourth-order valence-corrected chi connectivity index (χ4v) is 3.28. The molecule has 1 aliphatic heterocycles. The van der Waals surface area contributed by atoms with Gasteiger partial charge in [0.1, 0.15) is 5.69 Å². The van der Waals surface area contributed by atoms with Gasteiger partial charge in [0.15, 0.2) is 6.61 Å². The van der Waals surface area contributed by atoms with Crippen LogP contribution in [-0.4, -0.2) is 66.2 Å². The van der Waals surface area contributed by atoms with E-state index in [1.807, 2.05) is 0 Å². The summed E-state index contributed by atoms with van der Waals surface area (Å²) in [5, 5.41) is 17.1. The second kappa shape index (κ2) is 10.1. The Bertz CT molecular complexity index is 848. The number of hydrogen-bond donors (Lipinski definition) is 2. The third kappa shape index (κ3) is 6.30. The zero-order chi connectivity index (χ0) is 22.4. The molecule has 1 heterocycles. The van der Waals surface area contributed by atoms with E-state index < -0.39 is 23.4 Å². The summed E-state index contributed by atoms with van der Waals surface area (Å²) in [6, 6.07) is 4.15. The Hall–Kier alpha value is -3.37. The molecule has 0 spiro atoms. The van der Waals surface area contributed by atoms with Crippen LogP contribution < -0.4 is 10.6 Å². The molecule has 0 atom stereocenters. The van der Waals surface area contributed by atoms with Gasteiger partial charge in [0.25, 0.3) is 11.6 Å². The van der Waals surface area contributed by atoms with Crippen LogP contribution in [0.5, 0.6) is 0 Å². The van der Waals surface area contributed by atoms with Crippen LogP contribution in [0, 0.1) is 10.1 Å². The van der Waals surface area contributed by atoms with E-state index in [1.165, 1.54) is 12.1 Å². The SMILES string of the molecule is CCOC(=O)N1CCC(NC(=O)COC(=O)c2ccc(NC3CC3)c([N+](=O)[O-])c2)CC1. The van der Waals surface area contributed by atoms with Crippen molar-refractivity contribution < 1.29 is 28.8 Å². The summed E-state index contributed by atoms with van der Waals surface area (Å²) in [7, 11) is 0. The predicted octanol–water partition coefficient (Wildman–Crippen LogP) is 2.06. The monoisotopic (exact) mass is 434 g/mol. The lowest BCUT2D eigenvalue weighted by Gasteiger charge is -2.31. The Labute approximate surface area is 179 Å². The lowest BCUT2D eigenvalue weighted by atomic mass is 10.1. The van der Waals surface area contributed by atoms with Crippen LogP contribution in [0.15, 0.2) is 18.2 Å². The third-order valence-corrected chi connectivity index (χ3v) is 5.09. The Balaban J connectivity index is 1.46. The fraction of sp³-hybridized carbons (Fsp3) is 0.550. The first-order chi connectivity index (χ1) is 14.9. The number of rotatable bonds is 8. The van der Waals surface area contributed by atoms with E-state index in [0.29, 0.717) is 38.2 Å². The van der Waals surface area contributed by atoms with E-state index in [-0.39, 0.29) is 29.4 Å². The number of ether oxygens (including phenoxy) is 2. The van der Waals surface area contributed by atoms with Crippen molar-refractivity contribution in [3.05, 3.63) is 33.9 Å². The van der Waals surface area contributed by atoms with E-state index >= 15 is 0 Å². The summed E-state index contributed by atoms with van der Waals surface area (Å²) in [4.78, 5) is 48.4. The lowest BCUT2D eigenvalue weighted by Crippen LogP contribution is -2.47. The van der Waals surface area contributed by atoms with E-state index in [2.05, 4.69) is 10.6 Å². The van der Waals surface area contributed by atoms with Crippen LogP contribution in [0.3, 0.4) is 0 Å². The maximum absolute atomic E-state index is 12.2. The number of benzene rings is 1. The van der Waals surface area contributed by atoms with Crippen molar-refractivity contribution in [2.24, 2.45) is 0 Å². The molecule has 2 aliphatic rings. The van der Waals surface area contributed by atoms with Crippen molar-refractivity contribution in [2.75, 3.05) is 31.6 Å². The molecule has 0 unspecified atom stereocenters. The minimum absolute atomic E-state index is 0.00333. The number of nitrogens with zero attached hydrogens (tertiary/aromatic N) is 2. The maximum Gasteiger partial charge on any atom is 0.409 e. The van der Waals surface area contributed by atoms with Crippen LogP contribution in [0.2, 0.25) is 0 Å². The molecule has 1 saturated carbocycles. The predicted molar refractivity (Wildman–Crippen MR) is 110 cm³/mol. The summed E-state index contributed by atoms with van der Waals surface area (Å²) >= 11 is 0. The minimum atomic E-state index is -0.812. The normalized spacial score (nSPS) is 16.4. The number of nitro groups is 1. The molecule has 11 nitrogen and oxygen atoms in total. The van der Waals surface area contributed by atoms with Gasteiger partial charge in [-0.05, 0) is 44.7 Å². The topological polar surface area (TPSA) is 140 Å². The molecule has 1 aromatic rings. The van der Waals surface area contributed by atoms with Gasteiger partial charge in [-0.25, -0.2) is 9.59 Å². The molecule has 2 amide bonds. The number of carbonyl (C=O) groups is 3. The van der Waals surface area contributed by atoms with Crippen molar-refractivity contribution >= 4 is 29.3 Å². The second-order valence-corrected chi connectivity index (χ2v) is 7.51. The first-order valence-corrected chi connectivity index (χ1v) is 10.3. The van der Waals surface area contributed by atoms with Crippen molar-refractivity contribution in [1.29, 1.82) is 0 Å².